The van der Waals surface area contributed by atoms with Crippen LogP contribution in [0.25, 0.3) is 0 Å². The number of nitrogens with zero attached hydrogens (tertiary/aromatic N) is 7. The first kappa shape index (κ1) is 15.5. The van der Waals surface area contributed by atoms with E-state index in [2.05, 4.69) is 41.6 Å². The Bertz CT molecular complexity index is 671. The molecule has 2 aliphatic rings. The first-order valence-electron chi connectivity index (χ1n) is 8.59. The summed E-state index contributed by atoms with van der Waals surface area (Å²) in [7, 11) is 2.07. The van der Waals surface area contributed by atoms with Crippen molar-refractivity contribution >= 4 is 5.95 Å². The third-order valence-electron chi connectivity index (χ3n) is 5.11. The Hall–Kier alpha value is -2.06. The van der Waals surface area contributed by atoms with E-state index in [1.165, 1.54) is 0 Å². The lowest BCUT2D eigenvalue weighted by atomic mass is 9.80. The van der Waals surface area contributed by atoms with E-state index in [4.69, 9.17) is 5.73 Å². The lowest BCUT2D eigenvalue weighted by Gasteiger charge is -2.34. The Labute approximate surface area is 141 Å². The van der Waals surface area contributed by atoms with Crippen molar-refractivity contribution in [3.63, 3.8) is 0 Å². The van der Waals surface area contributed by atoms with Gasteiger partial charge in [0.05, 0.1) is 6.54 Å². The summed E-state index contributed by atoms with van der Waals surface area (Å²) in [5.41, 5.74) is 5.89. The molecule has 0 unspecified atom stereocenters. The Kier molecular flexibility index (Phi) is 4.15. The molecule has 0 amide bonds. The summed E-state index contributed by atoms with van der Waals surface area (Å²) in [6, 6.07) is 2.18. The molecule has 2 fully saturated rings. The maximum Gasteiger partial charge on any atom is 0.225 e. The molecule has 0 aromatic carbocycles. The van der Waals surface area contributed by atoms with Gasteiger partial charge in [0.15, 0.2) is 0 Å². The number of hydrogen-bond donors (Lipinski definition) is 1. The molecule has 8 heteroatoms. The highest BCUT2D eigenvalue weighted by molar-refractivity contribution is 5.29. The second kappa shape index (κ2) is 6.45. The van der Waals surface area contributed by atoms with Crippen LogP contribution >= 0.6 is 0 Å². The van der Waals surface area contributed by atoms with Crippen molar-refractivity contribution in [2.75, 3.05) is 31.1 Å². The van der Waals surface area contributed by atoms with E-state index in [0.29, 0.717) is 12.0 Å². The predicted octanol–water partition coefficient (Wildman–Crippen LogP) is 0.132. The molecule has 128 valence electrons. The second-order valence-electron chi connectivity index (χ2n) is 6.77. The van der Waals surface area contributed by atoms with E-state index < -0.39 is 0 Å². The van der Waals surface area contributed by atoms with E-state index >= 15 is 0 Å². The second-order valence-corrected chi connectivity index (χ2v) is 6.77. The van der Waals surface area contributed by atoms with Gasteiger partial charge in [0, 0.05) is 57.6 Å². The Morgan fingerprint density at radius 3 is 2.46 bits per heavy atom. The Balaban J connectivity index is 1.34. The topological polar surface area (TPSA) is 89.0 Å². The van der Waals surface area contributed by atoms with Crippen LogP contribution in [0.2, 0.25) is 0 Å². The number of piperazine rings is 1. The maximum absolute atomic E-state index is 5.89. The lowest BCUT2D eigenvalue weighted by molar-refractivity contribution is 0.239. The third-order valence-corrected chi connectivity index (χ3v) is 5.11. The predicted molar refractivity (Wildman–Crippen MR) is 90.5 cm³/mol. The van der Waals surface area contributed by atoms with Gasteiger partial charge in [0.2, 0.25) is 5.95 Å². The van der Waals surface area contributed by atoms with Crippen LogP contribution in [0.1, 0.15) is 30.4 Å². The molecule has 2 aromatic rings. The van der Waals surface area contributed by atoms with Crippen molar-refractivity contribution in [3.8, 4) is 0 Å². The minimum absolute atomic E-state index is 0.337. The molecule has 2 N–H and O–H groups in total. The van der Waals surface area contributed by atoms with Crippen LogP contribution in [0.3, 0.4) is 0 Å². The molecule has 1 aliphatic carbocycles. The molecule has 2 aromatic heterocycles. The number of rotatable bonds is 4. The van der Waals surface area contributed by atoms with Crippen molar-refractivity contribution in [2.24, 2.45) is 12.8 Å². The summed E-state index contributed by atoms with van der Waals surface area (Å²) < 4.78 is 2.16. The molecule has 0 atom stereocenters. The minimum Gasteiger partial charge on any atom is -0.338 e. The standard InChI is InChI=1S/C16H24N8/c1-22-14(20-21-15(22)12-9-13(17)10-12)11-23-5-7-24(8-6-23)16-18-3-2-4-19-16/h2-4,12-13H,5-11,17H2,1H3. The molecule has 1 aliphatic heterocycles. The van der Waals surface area contributed by atoms with Gasteiger partial charge < -0.3 is 15.2 Å². The quantitative estimate of drug-likeness (QED) is 0.853. The van der Waals surface area contributed by atoms with Crippen LogP contribution in [0.4, 0.5) is 5.95 Å². The van der Waals surface area contributed by atoms with E-state index in [9.17, 15) is 0 Å². The summed E-state index contributed by atoms with van der Waals surface area (Å²) >= 11 is 0. The SMILES string of the molecule is Cn1c(CN2CCN(c3ncccn3)CC2)nnc1C1CC(N)C1. The normalized spacial score (nSPS) is 24.8. The molecular weight excluding hydrogens is 304 g/mol. The first-order chi connectivity index (χ1) is 11.7. The molecule has 8 nitrogen and oxygen atoms in total. The molecule has 4 rings (SSSR count). The Morgan fingerprint density at radius 2 is 1.79 bits per heavy atom. The summed E-state index contributed by atoms with van der Waals surface area (Å²) in [6.07, 6.45) is 5.65. The van der Waals surface area contributed by atoms with Crippen molar-refractivity contribution in [1.82, 2.24) is 29.6 Å². The Morgan fingerprint density at radius 1 is 1.08 bits per heavy atom. The van der Waals surface area contributed by atoms with Crippen molar-refractivity contribution in [3.05, 3.63) is 30.1 Å². The molecule has 3 heterocycles. The van der Waals surface area contributed by atoms with E-state index in [1.807, 2.05) is 6.07 Å². The van der Waals surface area contributed by atoms with Gasteiger partial charge in [-0.15, -0.1) is 10.2 Å². The molecule has 24 heavy (non-hydrogen) atoms. The fraction of sp³-hybridized carbons (Fsp3) is 0.625. The van der Waals surface area contributed by atoms with Gasteiger partial charge in [-0.25, -0.2) is 9.97 Å². The monoisotopic (exact) mass is 328 g/mol. The number of nitrogens with two attached hydrogens (primary N) is 1. The summed E-state index contributed by atoms with van der Waals surface area (Å²) in [5.74, 6) is 3.43. The van der Waals surface area contributed by atoms with E-state index in [0.717, 1.165) is 63.2 Å². The van der Waals surface area contributed by atoms with Gasteiger partial charge in [0.25, 0.3) is 0 Å². The first-order valence-corrected chi connectivity index (χ1v) is 8.59. The van der Waals surface area contributed by atoms with Crippen molar-refractivity contribution in [1.29, 1.82) is 0 Å². The molecule has 1 saturated heterocycles. The average molecular weight is 328 g/mol. The highest BCUT2D eigenvalue weighted by atomic mass is 15.3. The minimum atomic E-state index is 0.337. The van der Waals surface area contributed by atoms with Gasteiger partial charge >= 0.3 is 0 Å². The number of aromatic nitrogens is 5. The van der Waals surface area contributed by atoms with Gasteiger partial charge in [-0.1, -0.05) is 0 Å². The molecule has 0 spiro atoms. The van der Waals surface area contributed by atoms with Crippen LogP contribution in [-0.2, 0) is 13.6 Å². The average Bonchev–Trinajstić information content (AvgIpc) is 2.94. The summed E-state index contributed by atoms with van der Waals surface area (Å²) in [4.78, 5) is 13.3. The van der Waals surface area contributed by atoms with E-state index in [1.54, 1.807) is 12.4 Å². The highest BCUT2D eigenvalue weighted by Gasteiger charge is 2.31. The third kappa shape index (κ3) is 2.99. The van der Waals surface area contributed by atoms with Crippen molar-refractivity contribution < 1.29 is 0 Å². The zero-order valence-electron chi connectivity index (χ0n) is 14.0. The summed E-state index contributed by atoms with van der Waals surface area (Å²) in [5, 5.41) is 8.81. The van der Waals surface area contributed by atoms with Gasteiger partial charge in [-0.05, 0) is 18.9 Å². The molecule has 0 radical (unpaired) electrons. The van der Waals surface area contributed by atoms with E-state index in [-0.39, 0.29) is 0 Å². The van der Waals surface area contributed by atoms with Crippen LogP contribution in [0.5, 0.6) is 0 Å². The van der Waals surface area contributed by atoms with Crippen molar-refractivity contribution in [2.45, 2.75) is 31.3 Å². The van der Waals surface area contributed by atoms with Crippen LogP contribution in [0.15, 0.2) is 18.5 Å². The zero-order chi connectivity index (χ0) is 16.5. The highest BCUT2D eigenvalue weighted by Crippen LogP contribution is 2.34. The smallest absolute Gasteiger partial charge is 0.225 e. The largest absolute Gasteiger partial charge is 0.338 e. The molecule has 0 bridgehead atoms. The maximum atomic E-state index is 5.89. The number of hydrogen-bond acceptors (Lipinski definition) is 7. The number of anilines is 1. The fourth-order valence-electron chi connectivity index (χ4n) is 3.50. The molecular formula is C16H24N8. The van der Waals surface area contributed by atoms with Crippen LogP contribution < -0.4 is 10.6 Å². The van der Waals surface area contributed by atoms with Gasteiger partial charge in [-0.3, -0.25) is 4.90 Å². The fourth-order valence-corrected chi connectivity index (χ4v) is 3.50. The lowest BCUT2D eigenvalue weighted by Crippen LogP contribution is -2.46. The molecule has 1 saturated carbocycles. The van der Waals surface area contributed by atoms with Crippen LogP contribution in [0, 0.1) is 0 Å². The van der Waals surface area contributed by atoms with Crippen LogP contribution in [-0.4, -0.2) is 61.9 Å². The van der Waals surface area contributed by atoms with Gasteiger partial charge in [-0.2, -0.15) is 0 Å². The summed E-state index contributed by atoms with van der Waals surface area (Å²) in [6.45, 7) is 4.67. The zero-order valence-corrected chi connectivity index (χ0v) is 14.0. The van der Waals surface area contributed by atoms with Gasteiger partial charge in [0.1, 0.15) is 11.6 Å².